The molecule has 0 aliphatic heterocycles. The molecule has 0 amide bonds. The lowest BCUT2D eigenvalue weighted by Gasteiger charge is -2.28. The minimum atomic E-state index is -4.33. The van der Waals surface area contributed by atoms with Crippen LogP contribution in [0.15, 0.2) is 18.2 Å². The molecule has 1 aromatic carbocycles. The Bertz CT molecular complexity index is 477. The van der Waals surface area contributed by atoms with E-state index in [1.54, 1.807) is 20.1 Å². The fraction of sp³-hybridized carbons (Fsp3) is 0.647. The second-order valence-electron chi connectivity index (χ2n) is 6.19. The van der Waals surface area contributed by atoms with Crippen LogP contribution in [0.25, 0.3) is 0 Å². The van der Waals surface area contributed by atoms with Crippen molar-refractivity contribution >= 4 is 0 Å². The van der Waals surface area contributed by atoms with E-state index in [1.807, 2.05) is 0 Å². The standard InChI is InChI=1S/C17H23F3O2/c1-12-7-15(17(18,19)20)9-16(8-12)22-11-14-5-3-13(4-6-14)10-21-2/h7-9,13-14H,3-6,10-11H2,1-2H3. The lowest BCUT2D eigenvalue weighted by molar-refractivity contribution is -0.137. The van der Waals surface area contributed by atoms with Gasteiger partial charge in [-0.25, -0.2) is 0 Å². The van der Waals surface area contributed by atoms with E-state index in [4.69, 9.17) is 9.47 Å². The van der Waals surface area contributed by atoms with Gasteiger partial charge in [0.15, 0.2) is 0 Å². The monoisotopic (exact) mass is 316 g/mol. The summed E-state index contributed by atoms with van der Waals surface area (Å²) in [5.41, 5.74) is -0.0834. The van der Waals surface area contributed by atoms with Crippen molar-refractivity contribution in [3.63, 3.8) is 0 Å². The maximum absolute atomic E-state index is 12.8. The zero-order valence-electron chi connectivity index (χ0n) is 13.1. The maximum Gasteiger partial charge on any atom is 0.416 e. The van der Waals surface area contributed by atoms with E-state index in [0.29, 0.717) is 29.8 Å². The number of methoxy groups -OCH3 is 1. The van der Waals surface area contributed by atoms with Crippen LogP contribution in [0, 0.1) is 18.8 Å². The van der Waals surface area contributed by atoms with Gasteiger partial charge >= 0.3 is 6.18 Å². The number of alkyl halides is 3. The van der Waals surface area contributed by atoms with Crippen LogP contribution in [0.4, 0.5) is 13.2 Å². The highest BCUT2D eigenvalue weighted by atomic mass is 19.4. The highest BCUT2D eigenvalue weighted by molar-refractivity contribution is 5.35. The van der Waals surface area contributed by atoms with Gasteiger partial charge in [0.1, 0.15) is 5.75 Å². The fourth-order valence-corrected chi connectivity index (χ4v) is 3.01. The van der Waals surface area contributed by atoms with Crippen LogP contribution in [0.3, 0.4) is 0 Å². The Morgan fingerprint density at radius 3 is 2.14 bits per heavy atom. The molecule has 0 saturated heterocycles. The molecule has 1 aromatic rings. The van der Waals surface area contributed by atoms with Crippen LogP contribution in [-0.4, -0.2) is 20.3 Å². The molecule has 2 rings (SSSR count). The van der Waals surface area contributed by atoms with Crippen molar-refractivity contribution < 1.29 is 22.6 Å². The molecule has 22 heavy (non-hydrogen) atoms. The van der Waals surface area contributed by atoms with Crippen molar-refractivity contribution in [2.45, 2.75) is 38.8 Å². The highest BCUT2D eigenvalue weighted by Gasteiger charge is 2.31. The van der Waals surface area contributed by atoms with Gasteiger partial charge in [-0.3, -0.25) is 0 Å². The van der Waals surface area contributed by atoms with Gasteiger partial charge in [0.25, 0.3) is 0 Å². The molecule has 0 spiro atoms. The Hall–Kier alpha value is -1.23. The molecule has 1 saturated carbocycles. The number of aryl methyl sites for hydroxylation is 1. The van der Waals surface area contributed by atoms with Crippen molar-refractivity contribution in [2.24, 2.45) is 11.8 Å². The smallest absolute Gasteiger partial charge is 0.416 e. The Morgan fingerprint density at radius 1 is 1.00 bits per heavy atom. The van der Waals surface area contributed by atoms with Crippen LogP contribution < -0.4 is 4.74 Å². The fourth-order valence-electron chi connectivity index (χ4n) is 3.01. The van der Waals surface area contributed by atoms with E-state index in [9.17, 15) is 13.2 Å². The first-order chi connectivity index (χ1) is 10.4. The molecule has 0 unspecified atom stereocenters. The van der Waals surface area contributed by atoms with Crippen molar-refractivity contribution in [3.05, 3.63) is 29.3 Å². The molecule has 1 aliphatic carbocycles. The number of rotatable bonds is 5. The van der Waals surface area contributed by atoms with Gasteiger partial charge < -0.3 is 9.47 Å². The van der Waals surface area contributed by atoms with Crippen LogP contribution in [0.2, 0.25) is 0 Å². The van der Waals surface area contributed by atoms with Gasteiger partial charge in [-0.05, 0) is 68.2 Å². The molecule has 0 atom stereocenters. The minimum Gasteiger partial charge on any atom is -0.493 e. The first kappa shape index (κ1) is 17.1. The molecule has 124 valence electrons. The number of benzene rings is 1. The predicted octanol–water partition coefficient (Wildman–Crippen LogP) is 4.85. The first-order valence-corrected chi connectivity index (χ1v) is 7.69. The van der Waals surface area contributed by atoms with Crippen LogP contribution in [0.5, 0.6) is 5.75 Å². The quantitative estimate of drug-likeness (QED) is 0.773. The lowest BCUT2D eigenvalue weighted by Crippen LogP contribution is -2.22. The SMILES string of the molecule is COCC1CCC(COc2cc(C)cc(C(F)(F)F)c2)CC1. The summed E-state index contributed by atoms with van der Waals surface area (Å²) in [4.78, 5) is 0. The van der Waals surface area contributed by atoms with Crippen molar-refractivity contribution in [1.29, 1.82) is 0 Å². The molecule has 0 bridgehead atoms. The molecule has 0 radical (unpaired) electrons. The third kappa shape index (κ3) is 4.90. The maximum atomic E-state index is 12.8. The molecular formula is C17H23F3O2. The Kier molecular flexibility index (Phi) is 5.73. The summed E-state index contributed by atoms with van der Waals surface area (Å²) < 4.78 is 49.2. The van der Waals surface area contributed by atoms with Crippen molar-refractivity contribution in [3.8, 4) is 5.75 Å². The van der Waals surface area contributed by atoms with E-state index in [1.165, 1.54) is 0 Å². The molecule has 1 aliphatic rings. The number of halogens is 3. The van der Waals surface area contributed by atoms with E-state index in [0.717, 1.165) is 44.4 Å². The van der Waals surface area contributed by atoms with Gasteiger partial charge in [-0.1, -0.05) is 0 Å². The zero-order chi connectivity index (χ0) is 16.2. The van der Waals surface area contributed by atoms with Gasteiger partial charge in [0.05, 0.1) is 12.2 Å². The second kappa shape index (κ2) is 7.36. The largest absolute Gasteiger partial charge is 0.493 e. The van der Waals surface area contributed by atoms with Gasteiger partial charge in [0, 0.05) is 13.7 Å². The van der Waals surface area contributed by atoms with Crippen LogP contribution in [0.1, 0.15) is 36.8 Å². The minimum absolute atomic E-state index is 0.311. The zero-order valence-corrected chi connectivity index (χ0v) is 13.1. The Morgan fingerprint density at radius 2 is 1.59 bits per heavy atom. The molecule has 5 heteroatoms. The molecule has 0 N–H and O–H groups in total. The average Bonchev–Trinajstić information content (AvgIpc) is 2.45. The summed E-state index contributed by atoms with van der Waals surface area (Å²) in [6.45, 7) is 2.93. The van der Waals surface area contributed by atoms with E-state index in [2.05, 4.69) is 0 Å². The summed E-state index contributed by atoms with van der Waals surface area (Å²) in [6.07, 6.45) is -0.0345. The summed E-state index contributed by atoms with van der Waals surface area (Å²) in [5, 5.41) is 0. The number of hydrogen-bond donors (Lipinski definition) is 0. The van der Waals surface area contributed by atoms with Crippen LogP contribution >= 0.6 is 0 Å². The van der Waals surface area contributed by atoms with E-state index < -0.39 is 11.7 Å². The Labute approximate surface area is 129 Å². The van der Waals surface area contributed by atoms with Gasteiger partial charge in [0.2, 0.25) is 0 Å². The molecule has 1 fully saturated rings. The summed E-state index contributed by atoms with van der Waals surface area (Å²) >= 11 is 0. The molecule has 0 heterocycles. The van der Waals surface area contributed by atoms with Gasteiger partial charge in [-0.2, -0.15) is 13.2 Å². The molecule has 2 nitrogen and oxygen atoms in total. The normalized spacial score (nSPS) is 22.6. The topological polar surface area (TPSA) is 18.5 Å². The lowest BCUT2D eigenvalue weighted by atomic mass is 9.83. The van der Waals surface area contributed by atoms with Crippen molar-refractivity contribution in [1.82, 2.24) is 0 Å². The third-order valence-corrected chi connectivity index (χ3v) is 4.23. The first-order valence-electron chi connectivity index (χ1n) is 7.69. The molecule has 0 aromatic heterocycles. The highest BCUT2D eigenvalue weighted by Crippen LogP contribution is 2.33. The van der Waals surface area contributed by atoms with Crippen molar-refractivity contribution in [2.75, 3.05) is 20.3 Å². The van der Waals surface area contributed by atoms with Gasteiger partial charge in [-0.15, -0.1) is 0 Å². The summed E-state index contributed by atoms with van der Waals surface area (Å²) in [5.74, 6) is 1.34. The Balaban J connectivity index is 1.88. The number of hydrogen-bond acceptors (Lipinski definition) is 2. The second-order valence-corrected chi connectivity index (χ2v) is 6.19. The van der Waals surface area contributed by atoms with Crippen LogP contribution in [-0.2, 0) is 10.9 Å². The van der Waals surface area contributed by atoms with E-state index >= 15 is 0 Å². The third-order valence-electron chi connectivity index (χ3n) is 4.23. The molecular weight excluding hydrogens is 293 g/mol. The summed E-state index contributed by atoms with van der Waals surface area (Å²) in [6, 6.07) is 3.89. The number of ether oxygens (including phenoxy) is 2. The average molecular weight is 316 g/mol. The van der Waals surface area contributed by atoms with E-state index in [-0.39, 0.29) is 0 Å². The summed E-state index contributed by atoms with van der Waals surface area (Å²) in [7, 11) is 1.71. The predicted molar refractivity (Wildman–Crippen MR) is 79.0 cm³/mol.